The third kappa shape index (κ3) is 4.67. The summed E-state index contributed by atoms with van der Waals surface area (Å²) in [7, 11) is 1.97. The number of aliphatic hydroxyl groups is 1. The molecule has 0 aromatic heterocycles. The number of aliphatic hydroxyl groups excluding tert-OH is 1. The Hall–Kier alpha value is -2.20. The molecule has 0 fully saturated rings. The smallest absolute Gasteiger partial charge is 0.119 e. The van der Waals surface area contributed by atoms with Gasteiger partial charge in [0.1, 0.15) is 5.75 Å². The van der Waals surface area contributed by atoms with Crippen LogP contribution in [0.1, 0.15) is 12.5 Å². The second kappa shape index (κ2) is 8.29. The largest absolute Gasteiger partial charge is 0.494 e. The van der Waals surface area contributed by atoms with Crippen LogP contribution in [0.3, 0.4) is 0 Å². The van der Waals surface area contributed by atoms with Crippen molar-refractivity contribution in [1.29, 1.82) is 0 Å². The van der Waals surface area contributed by atoms with E-state index < -0.39 is 0 Å². The SMILES string of the molecule is CCOc1ccc(CNc2ccc(N(C)CCO)cc2)cc1. The van der Waals surface area contributed by atoms with Gasteiger partial charge in [-0.05, 0) is 48.9 Å². The lowest BCUT2D eigenvalue weighted by Gasteiger charge is -2.18. The van der Waals surface area contributed by atoms with Crippen LogP contribution in [-0.2, 0) is 6.54 Å². The van der Waals surface area contributed by atoms with Crippen LogP contribution in [0, 0.1) is 0 Å². The Morgan fingerprint density at radius 3 is 2.32 bits per heavy atom. The molecular weight excluding hydrogens is 276 g/mol. The fourth-order valence-electron chi connectivity index (χ4n) is 2.19. The van der Waals surface area contributed by atoms with Gasteiger partial charge in [-0.1, -0.05) is 12.1 Å². The Labute approximate surface area is 132 Å². The van der Waals surface area contributed by atoms with Gasteiger partial charge in [-0.15, -0.1) is 0 Å². The number of hydrogen-bond donors (Lipinski definition) is 2. The molecule has 118 valence electrons. The minimum Gasteiger partial charge on any atom is -0.494 e. The molecule has 2 rings (SSSR count). The van der Waals surface area contributed by atoms with Gasteiger partial charge >= 0.3 is 0 Å². The first-order valence-corrected chi connectivity index (χ1v) is 7.60. The van der Waals surface area contributed by atoms with Crippen molar-refractivity contribution in [2.24, 2.45) is 0 Å². The van der Waals surface area contributed by atoms with E-state index in [-0.39, 0.29) is 6.61 Å². The van der Waals surface area contributed by atoms with Crippen molar-refractivity contribution >= 4 is 11.4 Å². The van der Waals surface area contributed by atoms with Crippen molar-refractivity contribution in [3.63, 3.8) is 0 Å². The summed E-state index contributed by atoms with van der Waals surface area (Å²) < 4.78 is 5.44. The van der Waals surface area contributed by atoms with Crippen molar-refractivity contribution in [1.82, 2.24) is 0 Å². The molecule has 0 atom stereocenters. The van der Waals surface area contributed by atoms with Crippen LogP contribution < -0.4 is 15.0 Å². The topological polar surface area (TPSA) is 44.7 Å². The molecule has 0 bridgehead atoms. The Bertz CT molecular complexity index is 552. The van der Waals surface area contributed by atoms with Crippen LogP contribution in [-0.4, -0.2) is 31.9 Å². The van der Waals surface area contributed by atoms with Crippen molar-refractivity contribution in [2.75, 3.05) is 37.0 Å². The van der Waals surface area contributed by atoms with Crippen LogP contribution in [0.25, 0.3) is 0 Å². The second-order valence-corrected chi connectivity index (χ2v) is 5.12. The van der Waals surface area contributed by atoms with Crippen LogP contribution in [0.4, 0.5) is 11.4 Å². The zero-order valence-electron chi connectivity index (χ0n) is 13.2. The summed E-state index contributed by atoms with van der Waals surface area (Å²) in [5.41, 5.74) is 3.39. The fourth-order valence-corrected chi connectivity index (χ4v) is 2.19. The van der Waals surface area contributed by atoms with E-state index in [4.69, 9.17) is 9.84 Å². The Morgan fingerprint density at radius 2 is 1.73 bits per heavy atom. The quantitative estimate of drug-likeness (QED) is 0.786. The molecule has 0 saturated carbocycles. The number of nitrogens with zero attached hydrogens (tertiary/aromatic N) is 1. The number of hydrogen-bond acceptors (Lipinski definition) is 4. The highest BCUT2D eigenvalue weighted by molar-refractivity contribution is 5.54. The van der Waals surface area contributed by atoms with Crippen molar-refractivity contribution in [3.05, 3.63) is 54.1 Å². The van der Waals surface area contributed by atoms with E-state index >= 15 is 0 Å². The minimum absolute atomic E-state index is 0.161. The highest BCUT2D eigenvalue weighted by Crippen LogP contribution is 2.18. The summed E-state index contributed by atoms with van der Waals surface area (Å²) in [6.07, 6.45) is 0. The molecule has 2 N–H and O–H groups in total. The zero-order chi connectivity index (χ0) is 15.8. The predicted octanol–water partition coefficient (Wildman–Crippen LogP) is 3.13. The molecule has 0 aliphatic heterocycles. The molecule has 2 aromatic carbocycles. The van der Waals surface area contributed by atoms with Gasteiger partial charge in [0.15, 0.2) is 0 Å². The first-order chi connectivity index (χ1) is 10.7. The molecule has 0 spiro atoms. The van der Waals surface area contributed by atoms with Gasteiger partial charge in [-0.2, -0.15) is 0 Å². The summed E-state index contributed by atoms with van der Waals surface area (Å²) in [6.45, 7) is 4.25. The predicted molar refractivity (Wildman–Crippen MR) is 91.7 cm³/mol. The molecule has 0 radical (unpaired) electrons. The molecule has 0 unspecified atom stereocenters. The minimum atomic E-state index is 0.161. The number of nitrogens with one attached hydrogen (secondary N) is 1. The normalized spacial score (nSPS) is 10.3. The first-order valence-electron chi connectivity index (χ1n) is 7.60. The van der Waals surface area contributed by atoms with Gasteiger partial charge in [0.2, 0.25) is 0 Å². The standard InChI is InChI=1S/C18H24N2O2/c1-3-22-18-10-4-15(5-11-18)14-19-16-6-8-17(9-7-16)20(2)12-13-21/h4-11,19,21H,3,12-14H2,1-2H3. The van der Waals surface area contributed by atoms with Gasteiger partial charge < -0.3 is 20.1 Å². The van der Waals surface area contributed by atoms with Gasteiger partial charge in [-0.3, -0.25) is 0 Å². The third-order valence-electron chi connectivity index (χ3n) is 3.47. The Kier molecular flexibility index (Phi) is 6.10. The van der Waals surface area contributed by atoms with E-state index in [1.54, 1.807) is 0 Å². The molecule has 22 heavy (non-hydrogen) atoms. The number of ether oxygens (including phenoxy) is 1. The van der Waals surface area contributed by atoms with Gasteiger partial charge in [0.25, 0.3) is 0 Å². The van der Waals surface area contributed by atoms with Crippen LogP contribution in [0.2, 0.25) is 0 Å². The second-order valence-electron chi connectivity index (χ2n) is 5.12. The van der Waals surface area contributed by atoms with Gasteiger partial charge in [-0.25, -0.2) is 0 Å². The van der Waals surface area contributed by atoms with Crippen LogP contribution in [0.15, 0.2) is 48.5 Å². The number of anilines is 2. The summed E-state index contributed by atoms with van der Waals surface area (Å²) in [4.78, 5) is 2.02. The molecular formula is C18H24N2O2. The molecule has 2 aromatic rings. The maximum atomic E-state index is 8.95. The summed E-state index contributed by atoms with van der Waals surface area (Å²) >= 11 is 0. The summed E-state index contributed by atoms with van der Waals surface area (Å²) in [5, 5.41) is 12.4. The molecule has 0 heterocycles. The first kappa shape index (κ1) is 16.2. The lowest BCUT2D eigenvalue weighted by molar-refractivity contribution is 0.304. The molecule has 0 aliphatic rings. The highest BCUT2D eigenvalue weighted by Gasteiger charge is 2.00. The van der Waals surface area contributed by atoms with Gasteiger partial charge in [0.05, 0.1) is 13.2 Å². The number of likely N-dealkylation sites (N-methyl/N-ethyl adjacent to an activating group) is 1. The lowest BCUT2D eigenvalue weighted by atomic mass is 10.2. The average molecular weight is 300 g/mol. The average Bonchev–Trinajstić information content (AvgIpc) is 2.55. The molecule has 0 aliphatic carbocycles. The number of benzene rings is 2. The lowest BCUT2D eigenvalue weighted by Crippen LogP contribution is -2.20. The number of rotatable bonds is 8. The van der Waals surface area contributed by atoms with Crippen molar-refractivity contribution in [3.8, 4) is 5.75 Å². The van der Waals surface area contributed by atoms with E-state index in [9.17, 15) is 0 Å². The van der Waals surface area contributed by atoms with E-state index in [0.29, 0.717) is 13.2 Å². The highest BCUT2D eigenvalue weighted by atomic mass is 16.5. The van der Waals surface area contributed by atoms with E-state index in [2.05, 4.69) is 41.7 Å². The van der Waals surface area contributed by atoms with Crippen molar-refractivity contribution in [2.45, 2.75) is 13.5 Å². The van der Waals surface area contributed by atoms with E-state index in [1.165, 1.54) is 5.56 Å². The van der Waals surface area contributed by atoms with Crippen molar-refractivity contribution < 1.29 is 9.84 Å². The van der Waals surface area contributed by atoms with Crippen LogP contribution >= 0.6 is 0 Å². The molecule has 4 heteroatoms. The maximum absolute atomic E-state index is 8.95. The monoisotopic (exact) mass is 300 g/mol. The van der Waals surface area contributed by atoms with E-state index in [1.807, 2.05) is 31.0 Å². The molecule has 0 amide bonds. The van der Waals surface area contributed by atoms with E-state index in [0.717, 1.165) is 23.7 Å². The third-order valence-corrected chi connectivity index (χ3v) is 3.47. The van der Waals surface area contributed by atoms with Gasteiger partial charge in [0, 0.05) is 31.5 Å². The Morgan fingerprint density at radius 1 is 1.05 bits per heavy atom. The summed E-state index contributed by atoms with van der Waals surface area (Å²) in [5.74, 6) is 0.905. The molecule has 0 saturated heterocycles. The maximum Gasteiger partial charge on any atom is 0.119 e. The van der Waals surface area contributed by atoms with Crippen LogP contribution in [0.5, 0.6) is 5.75 Å². The Balaban J connectivity index is 1.88. The molecule has 4 nitrogen and oxygen atoms in total. The zero-order valence-corrected chi connectivity index (χ0v) is 13.2. The fraction of sp³-hybridized carbons (Fsp3) is 0.333. The summed E-state index contributed by atoms with van der Waals surface area (Å²) in [6, 6.07) is 16.3.